The molecule has 0 spiro atoms. The number of carbonyl (C=O) groups excluding carboxylic acids is 2. The summed E-state index contributed by atoms with van der Waals surface area (Å²) >= 11 is 0. The third kappa shape index (κ3) is 4.88. The largest absolute Gasteiger partial charge is 0.335 e. The molecule has 0 fully saturated rings. The summed E-state index contributed by atoms with van der Waals surface area (Å²) in [7, 11) is 1.52. The minimum atomic E-state index is -0.385. The number of aryl methyl sites for hydroxylation is 3. The number of nitrogens with one attached hydrogen (secondary N) is 1. The minimum absolute atomic E-state index is 0.137. The molecule has 0 saturated heterocycles. The SMILES string of the molecule is Cc1ccc(NC(=O)CN(C)C(=O)Cn2cnc3c(cnn3-c3cc(C)cc(C)c3)c2=O)cc1. The summed E-state index contributed by atoms with van der Waals surface area (Å²) < 4.78 is 2.84. The zero-order chi connectivity index (χ0) is 24.4. The topological polar surface area (TPSA) is 102 Å². The molecule has 0 aliphatic heterocycles. The number of benzene rings is 2. The van der Waals surface area contributed by atoms with Crippen LogP contribution in [0.4, 0.5) is 5.69 Å². The fourth-order valence-corrected chi connectivity index (χ4v) is 3.73. The summed E-state index contributed by atoms with van der Waals surface area (Å²) in [6.07, 6.45) is 2.80. The van der Waals surface area contributed by atoms with Crippen molar-refractivity contribution in [3.63, 3.8) is 0 Å². The molecule has 9 heteroatoms. The van der Waals surface area contributed by atoms with Crippen molar-refractivity contribution in [1.82, 2.24) is 24.2 Å². The fraction of sp³-hybridized carbons (Fsp3) is 0.240. The molecule has 0 radical (unpaired) electrons. The Bertz CT molecular complexity index is 1420. The Morgan fingerprint density at radius 2 is 1.68 bits per heavy atom. The number of hydrogen-bond acceptors (Lipinski definition) is 5. The number of anilines is 1. The fourth-order valence-electron chi connectivity index (χ4n) is 3.73. The van der Waals surface area contributed by atoms with Crippen molar-refractivity contribution in [3.8, 4) is 5.69 Å². The van der Waals surface area contributed by atoms with E-state index in [-0.39, 0.29) is 30.5 Å². The van der Waals surface area contributed by atoms with Crippen LogP contribution in [0.25, 0.3) is 16.7 Å². The summed E-state index contributed by atoms with van der Waals surface area (Å²) in [5.41, 5.74) is 4.76. The second-order valence-corrected chi connectivity index (χ2v) is 8.48. The van der Waals surface area contributed by atoms with Crippen LogP contribution in [0.1, 0.15) is 16.7 Å². The smallest absolute Gasteiger partial charge is 0.264 e. The number of rotatable bonds is 6. The number of amides is 2. The second kappa shape index (κ2) is 9.30. The molecule has 0 unspecified atom stereocenters. The molecule has 0 atom stereocenters. The Kier molecular flexibility index (Phi) is 6.27. The van der Waals surface area contributed by atoms with Gasteiger partial charge in [-0.3, -0.25) is 19.0 Å². The Hall–Kier alpha value is -4.27. The van der Waals surface area contributed by atoms with E-state index in [0.29, 0.717) is 16.7 Å². The zero-order valence-corrected chi connectivity index (χ0v) is 19.6. The highest BCUT2D eigenvalue weighted by molar-refractivity contribution is 5.94. The highest BCUT2D eigenvalue weighted by Crippen LogP contribution is 2.17. The van der Waals surface area contributed by atoms with Gasteiger partial charge in [0.2, 0.25) is 11.8 Å². The van der Waals surface area contributed by atoms with E-state index >= 15 is 0 Å². The van der Waals surface area contributed by atoms with E-state index in [9.17, 15) is 14.4 Å². The molecular formula is C25H26N6O3. The van der Waals surface area contributed by atoms with Gasteiger partial charge in [0.05, 0.1) is 18.4 Å². The van der Waals surface area contributed by atoms with Gasteiger partial charge in [0, 0.05) is 12.7 Å². The second-order valence-electron chi connectivity index (χ2n) is 8.48. The summed E-state index contributed by atoms with van der Waals surface area (Å²) in [6, 6.07) is 13.4. The molecule has 34 heavy (non-hydrogen) atoms. The number of fused-ring (bicyclic) bond motifs is 1. The van der Waals surface area contributed by atoms with Crippen molar-refractivity contribution in [3.05, 3.63) is 82.0 Å². The first-order valence-electron chi connectivity index (χ1n) is 10.8. The van der Waals surface area contributed by atoms with E-state index in [1.165, 1.54) is 29.0 Å². The van der Waals surface area contributed by atoms with E-state index in [4.69, 9.17) is 0 Å². The molecule has 9 nitrogen and oxygen atoms in total. The van der Waals surface area contributed by atoms with Gasteiger partial charge in [-0.15, -0.1) is 0 Å². The molecule has 0 aliphatic carbocycles. The van der Waals surface area contributed by atoms with Gasteiger partial charge < -0.3 is 10.2 Å². The van der Waals surface area contributed by atoms with Crippen LogP contribution < -0.4 is 10.9 Å². The molecule has 2 heterocycles. The van der Waals surface area contributed by atoms with E-state index in [2.05, 4.69) is 21.5 Å². The highest BCUT2D eigenvalue weighted by Gasteiger charge is 2.17. The summed E-state index contributed by atoms with van der Waals surface area (Å²) in [6.45, 7) is 5.57. The first-order valence-corrected chi connectivity index (χ1v) is 10.8. The monoisotopic (exact) mass is 458 g/mol. The molecule has 174 valence electrons. The van der Waals surface area contributed by atoms with E-state index in [0.717, 1.165) is 22.4 Å². The van der Waals surface area contributed by atoms with Gasteiger partial charge in [-0.2, -0.15) is 5.10 Å². The standard InChI is InChI=1S/C25H26N6O3/c1-16-5-7-19(8-6-16)28-22(32)13-29(4)23(33)14-30-15-26-24-21(25(30)34)12-27-31(24)20-10-17(2)9-18(3)11-20/h5-12,15H,13-14H2,1-4H3,(H,28,32). The zero-order valence-electron chi connectivity index (χ0n) is 19.6. The third-order valence-corrected chi connectivity index (χ3v) is 5.45. The number of carbonyl (C=O) groups is 2. The summed E-state index contributed by atoms with van der Waals surface area (Å²) in [5, 5.41) is 7.41. The van der Waals surface area contributed by atoms with Crippen LogP contribution in [0.15, 0.2) is 59.8 Å². The van der Waals surface area contributed by atoms with Crippen molar-refractivity contribution in [2.75, 3.05) is 18.9 Å². The van der Waals surface area contributed by atoms with Gasteiger partial charge in [-0.05, 0) is 56.2 Å². The summed E-state index contributed by atoms with van der Waals surface area (Å²) in [4.78, 5) is 43.6. The van der Waals surface area contributed by atoms with Gasteiger partial charge in [0.15, 0.2) is 5.65 Å². The van der Waals surface area contributed by atoms with Gasteiger partial charge in [0.1, 0.15) is 18.3 Å². The van der Waals surface area contributed by atoms with Crippen molar-refractivity contribution >= 4 is 28.5 Å². The predicted molar refractivity (Wildman–Crippen MR) is 130 cm³/mol. The van der Waals surface area contributed by atoms with Crippen LogP contribution in [-0.4, -0.2) is 49.6 Å². The average molecular weight is 459 g/mol. The number of nitrogens with zero attached hydrogens (tertiary/aromatic N) is 5. The van der Waals surface area contributed by atoms with Crippen molar-refractivity contribution in [1.29, 1.82) is 0 Å². The molecule has 2 amide bonds. The Morgan fingerprint density at radius 1 is 1.00 bits per heavy atom. The van der Waals surface area contributed by atoms with Gasteiger partial charge in [-0.1, -0.05) is 23.8 Å². The number of aromatic nitrogens is 4. The lowest BCUT2D eigenvalue weighted by atomic mass is 10.1. The van der Waals surface area contributed by atoms with E-state index < -0.39 is 0 Å². The predicted octanol–water partition coefficient (Wildman–Crippen LogP) is 2.60. The van der Waals surface area contributed by atoms with Crippen LogP contribution in [0.2, 0.25) is 0 Å². The van der Waals surface area contributed by atoms with Gasteiger partial charge >= 0.3 is 0 Å². The molecule has 0 bridgehead atoms. The van der Waals surface area contributed by atoms with Crippen LogP contribution in [0.5, 0.6) is 0 Å². The first-order chi connectivity index (χ1) is 16.2. The molecule has 0 aliphatic rings. The highest BCUT2D eigenvalue weighted by atomic mass is 16.2. The van der Waals surface area contributed by atoms with E-state index in [1.54, 1.807) is 16.8 Å². The number of likely N-dealkylation sites (N-methyl/N-ethyl adjacent to an activating group) is 1. The molecular weight excluding hydrogens is 432 g/mol. The maximum atomic E-state index is 13.0. The quantitative estimate of drug-likeness (QED) is 0.479. The molecule has 4 rings (SSSR count). The third-order valence-electron chi connectivity index (χ3n) is 5.45. The van der Waals surface area contributed by atoms with Crippen molar-refractivity contribution < 1.29 is 9.59 Å². The lowest BCUT2D eigenvalue weighted by Gasteiger charge is -2.17. The number of hydrogen-bond donors (Lipinski definition) is 1. The molecule has 4 aromatic rings. The Morgan fingerprint density at radius 3 is 2.35 bits per heavy atom. The Balaban J connectivity index is 1.47. The minimum Gasteiger partial charge on any atom is -0.335 e. The van der Waals surface area contributed by atoms with Gasteiger partial charge in [0.25, 0.3) is 5.56 Å². The van der Waals surface area contributed by atoms with Crippen LogP contribution in [0, 0.1) is 20.8 Å². The molecule has 2 aromatic heterocycles. The van der Waals surface area contributed by atoms with Crippen LogP contribution in [-0.2, 0) is 16.1 Å². The van der Waals surface area contributed by atoms with Crippen LogP contribution >= 0.6 is 0 Å². The van der Waals surface area contributed by atoms with Crippen LogP contribution in [0.3, 0.4) is 0 Å². The molecule has 1 N–H and O–H groups in total. The molecule has 2 aromatic carbocycles. The Labute approximate surface area is 196 Å². The maximum absolute atomic E-state index is 13.0. The lowest BCUT2D eigenvalue weighted by Crippen LogP contribution is -2.38. The normalized spacial score (nSPS) is 10.9. The average Bonchev–Trinajstić information content (AvgIpc) is 3.21. The first kappa shape index (κ1) is 22.9. The van der Waals surface area contributed by atoms with Gasteiger partial charge in [-0.25, -0.2) is 9.67 Å². The maximum Gasteiger partial charge on any atom is 0.264 e. The van der Waals surface area contributed by atoms with Crippen molar-refractivity contribution in [2.24, 2.45) is 0 Å². The lowest BCUT2D eigenvalue weighted by molar-refractivity contribution is -0.133. The van der Waals surface area contributed by atoms with Crippen molar-refractivity contribution in [2.45, 2.75) is 27.3 Å². The molecule has 0 saturated carbocycles. The summed E-state index contributed by atoms with van der Waals surface area (Å²) in [5.74, 6) is -0.709. The van der Waals surface area contributed by atoms with E-state index in [1.807, 2.05) is 45.0 Å².